The maximum atomic E-state index is 13.9. The van der Waals surface area contributed by atoms with Crippen molar-refractivity contribution in [3.63, 3.8) is 0 Å². The zero-order chi connectivity index (χ0) is 27.9. The lowest BCUT2D eigenvalue weighted by molar-refractivity contribution is 0.0984. The van der Waals surface area contributed by atoms with E-state index in [4.69, 9.17) is 4.98 Å². The Labute approximate surface area is 237 Å². The van der Waals surface area contributed by atoms with Gasteiger partial charge < -0.3 is 0 Å². The van der Waals surface area contributed by atoms with Crippen molar-refractivity contribution in [3.05, 3.63) is 119 Å². The largest absolute Gasteiger partial charge is 0.278 e. The minimum absolute atomic E-state index is 0.172. The van der Waals surface area contributed by atoms with Crippen LogP contribution in [0.1, 0.15) is 38.3 Å². The number of hydrogen-bond acceptors (Lipinski definition) is 6. The molecule has 202 valence electrons. The van der Waals surface area contributed by atoms with E-state index in [0.29, 0.717) is 30.2 Å². The minimum atomic E-state index is -3.71. The molecule has 0 saturated carbocycles. The molecular formula is C31H28N4O3S2. The van der Waals surface area contributed by atoms with Crippen LogP contribution in [0.15, 0.2) is 90.0 Å². The van der Waals surface area contributed by atoms with Crippen molar-refractivity contribution < 1.29 is 13.2 Å². The van der Waals surface area contributed by atoms with Gasteiger partial charge in [0.05, 0.1) is 27.4 Å². The quantitative estimate of drug-likeness (QED) is 0.255. The fourth-order valence-corrected chi connectivity index (χ4v) is 7.37. The Balaban J connectivity index is 1.30. The number of aromatic nitrogens is 2. The van der Waals surface area contributed by atoms with Crippen molar-refractivity contribution in [2.45, 2.75) is 38.3 Å². The molecule has 3 aromatic carbocycles. The molecule has 7 nitrogen and oxygen atoms in total. The lowest BCUT2D eigenvalue weighted by Crippen LogP contribution is -2.36. The van der Waals surface area contributed by atoms with Crippen LogP contribution in [-0.4, -0.2) is 35.1 Å². The summed E-state index contributed by atoms with van der Waals surface area (Å²) < 4.78 is 29.4. The monoisotopic (exact) mass is 568 g/mol. The van der Waals surface area contributed by atoms with E-state index in [1.54, 1.807) is 23.2 Å². The number of nitrogens with zero attached hydrogens (tertiary/aromatic N) is 4. The number of rotatable bonds is 6. The van der Waals surface area contributed by atoms with Crippen molar-refractivity contribution in [3.8, 4) is 0 Å². The molecule has 1 aliphatic rings. The van der Waals surface area contributed by atoms with Gasteiger partial charge in [-0.15, -0.1) is 0 Å². The Morgan fingerprint density at radius 2 is 1.68 bits per heavy atom. The van der Waals surface area contributed by atoms with Crippen LogP contribution in [-0.2, 0) is 29.5 Å². The minimum Gasteiger partial charge on any atom is -0.278 e. The number of hydrogen-bond donors (Lipinski definition) is 0. The van der Waals surface area contributed by atoms with Crippen LogP contribution in [0, 0.1) is 13.8 Å². The highest BCUT2D eigenvalue weighted by Crippen LogP contribution is 2.33. The molecule has 1 amide bonds. The van der Waals surface area contributed by atoms with Crippen LogP contribution >= 0.6 is 11.3 Å². The van der Waals surface area contributed by atoms with Crippen LogP contribution in [0.4, 0.5) is 5.13 Å². The molecule has 0 spiro atoms. The molecule has 2 aromatic heterocycles. The van der Waals surface area contributed by atoms with E-state index in [-0.39, 0.29) is 17.3 Å². The smallest absolute Gasteiger partial charge is 0.260 e. The molecule has 0 fully saturated rings. The molecule has 0 saturated heterocycles. The number of pyridine rings is 1. The summed E-state index contributed by atoms with van der Waals surface area (Å²) in [4.78, 5) is 24.9. The predicted octanol–water partition coefficient (Wildman–Crippen LogP) is 5.90. The third kappa shape index (κ3) is 5.03. The van der Waals surface area contributed by atoms with Crippen LogP contribution < -0.4 is 4.90 Å². The van der Waals surface area contributed by atoms with Crippen LogP contribution in [0.25, 0.3) is 10.2 Å². The number of amides is 1. The van der Waals surface area contributed by atoms with Gasteiger partial charge >= 0.3 is 0 Å². The second-order valence-electron chi connectivity index (χ2n) is 9.99. The fourth-order valence-electron chi connectivity index (χ4n) is 4.91. The maximum Gasteiger partial charge on any atom is 0.260 e. The van der Waals surface area contributed by atoms with E-state index in [0.717, 1.165) is 27.0 Å². The summed E-state index contributed by atoms with van der Waals surface area (Å²) in [6.07, 6.45) is 2.37. The number of anilines is 1. The molecule has 5 aromatic rings. The van der Waals surface area contributed by atoms with E-state index in [1.165, 1.54) is 38.9 Å². The molecule has 0 N–H and O–H groups in total. The first-order valence-corrected chi connectivity index (χ1v) is 15.3. The van der Waals surface area contributed by atoms with Gasteiger partial charge in [-0.3, -0.25) is 14.7 Å². The highest BCUT2D eigenvalue weighted by Gasteiger charge is 2.29. The fraction of sp³-hybridized carbons (Fsp3) is 0.194. The van der Waals surface area contributed by atoms with E-state index < -0.39 is 10.0 Å². The maximum absolute atomic E-state index is 13.9. The van der Waals surface area contributed by atoms with E-state index >= 15 is 0 Å². The molecule has 1 aliphatic heterocycles. The lowest BCUT2D eigenvalue weighted by Gasteiger charge is -2.28. The first kappa shape index (κ1) is 26.3. The number of thiazole rings is 1. The van der Waals surface area contributed by atoms with Gasteiger partial charge in [0.25, 0.3) is 5.91 Å². The first-order chi connectivity index (χ1) is 19.3. The van der Waals surface area contributed by atoms with Crippen molar-refractivity contribution in [2.24, 2.45) is 0 Å². The number of fused-ring (bicyclic) bond motifs is 2. The van der Waals surface area contributed by atoms with E-state index in [9.17, 15) is 13.2 Å². The number of carbonyl (C=O) groups excluding carboxylic acids is 1. The first-order valence-electron chi connectivity index (χ1n) is 13.1. The van der Waals surface area contributed by atoms with Gasteiger partial charge in [-0.25, -0.2) is 13.4 Å². The van der Waals surface area contributed by atoms with Gasteiger partial charge in [-0.05, 0) is 91.1 Å². The second kappa shape index (κ2) is 10.6. The van der Waals surface area contributed by atoms with Gasteiger partial charge in [0.15, 0.2) is 5.13 Å². The Morgan fingerprint density at radius 1 is 0.950 bits per heavy atom. The SMILES string of the molecule is Cc1cc2nc(N(Cc3ccccn3)C(=O)c3ccc(S(=O)(=O)N4CCc5ccccc5C4)cc3)sc2cc1C. The standard InChI is InChI=1S/C31H28N4O3S2/c1-21-17-28-29(18-22(21)2)39-31(33-28)35(20-26-9-5-6-15-32-26)30(36)24-10-12-27(13-11-24)40(37,38)34-16-14-23-7-3-4-8-25(23)19-34/h3-13,15,17-18H,14,16,19-20H2,1-2H3. The summed E-state index contributed by atoms with van der Waals surface area (Å²) in [6, 6.07) is 23.8. The summed E-state index contributed by atoms with van der Waals surface area (Å²) in [5, 5.41) is 0.569. The average molecular weight is 569 g/mol. The molecule has 0 atom stereocenters. The summed E-state index contributed by atoms with van der Waals surface area (Å²) in [6.45, 7) is 5.11. The molecule has 0 aliphatic carbocycles. The Hall–Kier alpha value is -3.92. The molecule has 3 heterocycles. The molecule has 0 bridgehead atoms. The molecule has 6 rings (SSSR count). The van der Waals surface area contributed by atoms with Gasteiger partial charge in [0.2, 0.25) is 10.0 Å². The zero-order valence-corrected chi connectivity index (χ0v) is 23.9. The Kier molecular flexibility index (Phi) is 6.95. The highest BCUT2D eigenvalue weighted by molar-refractivity contribution is 7.89. The Morgan fingerprint density at radius 3 is 2.42 bits per heavy atom. The third-order valence-corrected chi connectivity index (χ3v) is 10.3. The summed E-state index contributed by atoms with van der Waals surface area (Å²) in [7, 11) is -3.71. The van der Waals surface area contributed by atoms with Gasteiger partial charge in [0, 0.05) is 24.8 Å². The Bertz CT molecular complexity index is 1780. The predicted molar refractivity (Wildman–Crippen MR) is 158 cm³/mol. The van der Waals surface area contributed by atoms with Crippen molar-refractivity contribution in [2.75, 3.05) is 11.4 Å². The van der Waals surface area contributed by atoms with Gasteiger partial charge in [0.1, 0.15) is 0 Å². The summed E-state index contributed by atoms with van der Waals surface area (Å²) >= 11 is 1.45. The number of sulfonamides is 1. The molecule has 9 heteroatoms. The van der Waals surface area contributed by atoms with Crippen LogP contribution in [0.5, 0.6) is 0 Å². The van der Waals surface area contributed by atoms with Crippen molar-refractivity contribution in [1.29, 1.82) is 0 Å². The number of aryl methyl sites for hydroxylation is 2. The van der Waals surface area contributed by atoms with Crippen LogP contribution in [0.2, 0.25) is 0 Å². The lowest BCUT2D eigenvalue weighted by atomic mass is 10.0. The molecule has 0 unspecified atom stereocenters. The second-order valence-corrected chi connectivity index (χ2v) is 12.9. The van der Waals surface area contributed by atoms with E-state index in [2.05, 4.69) is 18.0 Å². The summed E-state index contributed by atoms with van der Waals surface area (Å²) in [5.41, 5.74) is 6.46. The average Bonchev–Trinajstić information content (AvgIpc) is 3.38. The van der Waals surface area contributed by atoms with Crippen molar-refractivity contribution in [1.82, 2.24) is 14.3 Å². The molecular weight excluding hydrogens is 541 g/mol. The number of benzene rings is 3. The van der Waals surface area contributed by atoms with Crippen molar-refractivity contribution >= 4 is 42.6 Å². The molecule has 0 radical (unpaired) electrons. The third-order valence-electron chi connectivity index (χ3n) is 7.35. The molecule has 40 heavy (non-hydrogen) atoms. The highest BCUT2D eigenvalue weighted by atomic mass is 32.2. The van der Waals surface area contributed by atoms with Gasteiger partial charge in [-0.2, -0.15) is 4.31 Å². The van der Waals surface area contributed by atoms with E-state index in [1.807, 2.05) is 55.5 Å². The number of carbonyl (C=O) groups is 1. The van der Waals surface area contributed by atoms with Crippen LogP contribution in [0.3, 0.4) is 0 Å². The zero-order valence-electron chi connectivity index (χ0n) is 22.2. The normalized spacial score (nSPS) is 13.8. The van der Waals surface area contributed by atoms with Gasteiger partial charge in [-0.1, -0.05) is 41.7 Å². The summed E-state index contributed by atoms with van der Waals surface area (Å²) in [5.74, 6) is -0.269. The topological polar surface area (TPSA) is 83.5 Å².